The summed E-state index contributed by atoms with van der Waals surface area (Å²) in [4.78, 5) is 13.1. The first-order chi connectivity index (χ1) is 8.60. The van der Waals surface area contributed by atoms with Crippen LogP contribution < -0.4 is 9.64 Å². The minimum Gasteiger partial charge on any atom is -0.491 e. The summed E-state index contributed by atoms with van der Waals surface area (Å²) in [5.74, 6) is 0.703. The lowest BCUT2D eigenvalue weighted by atomic mass is 10.2. The molecule has 1 aromatic carbocycles. The largest absolute Gasteiger partial charge is 0.491 e. The summed E-state index contributed by atoms with van der Waals surface area (Å²) in [6, 6.07) is 7.35. The van der Waals surface area contributed by atoms with Crippen LogP contribution in [0.4, 0.5) is 5.69 Å². The van der Waals surface area contributed by atoms with Crippen molar-refractivity contribution in [2.45, 2.75) is 13.8 Å². The lowest BCUT2D eigenvalue weighted by Gasteiger charge is -2.22. The van der Waals surface area contributed by atoms with Crippen LogP contribution in [0.2, 0.25) is 0 Å². The molecule has 3 nitrogen and oxygen atoms in total. The van der Waals surface area contributed by atoms with Crippen molar-refractivity contribution in [1.82, 2.24) is 0 Å². The first-order valence-electron chi connectivity index (χ1n) is 5.74. The van der Waals surface area contributed by atoms with E-state index in [1.54, 1.807) is 6.07 Å². The average molecular weight is 290 g/mol. The van der Waals surface area contributed by atoms with Gasteiger partial charge in [-0.05, 0) is 18.1 Å². The van der Waals surface area contributed by atoms with Gasteiger partial charge in [0.25, 0.3) is 0 Å². The summed E-state index contributed by atoms with van der Waals surface area (Å²) < 4.78 is 5.68. The van der Waals surface area contributed by atoms with Gasteiger partial charge in [0.2, 0.25) is 5.91 Å². The lowest BCUT2D eigenvalue weighted by Crippen LogP contribution is -2.31. The van der Waals surface area contributed by atoms with E-state index in [4.69, 9.17) is 27.9 Å². The van der Waals surface area contributed by atoms with E-state index >= 15 is 0 Å². The molecule has 0 aliphatic rings. The fourth-order valence-corrected chi connectivity index (χ4v) is 1.80. The van der Waals surface area contributed by atoms with Crippen LogP contribution in [0.25, 0.3) is 0 Å². The number of halogens is 2. The Morgan fingerprint density at radius 1 is 1.33 bits per heavy atom. The molecule has 0 atom stereocenters. The molecule has 0 spiro atoms. The smallest absolute Gasteiger partial charge is 0.243 e. The molecule has 1 amide bonds. The second-order valence-corrected chi connectivity index (χ2v) is 4.75. The zero-order chi connectivity index (χ0) is 13.5. The number of nitrogens with zero attached hydrogens (tertiary/aromatic N) is 1. The van der Waals surface area contributed by atoms with Crippen LogP contribution in [-0.4, -0.2) is 24.4 Å². The Balaban J connectivity index is 2.95. The highest BCUT2D eigenvalue weighted by atomic mass is 35.5. The third-order valence-electron chi connectivity index (χ3n) is 2.26. The molecule has 0 aromatic heterocycles. The average Bonchev–Trinajstić information content (AvgIpc) is 2.38. The zero-order valence-electron chi connectivity index (χ0n) is 10.5. The van der Waals surface area contributed by atoms with Crippen molar-refractivity contribution in [3.63, 3.8) is 0 Å². The van der Waals surface area contributed by atoms with Crippen molar-refractivity contribution in [2.75, 3.05) is 23.4 Å². The molecule has 0 unspecified atom stereocenters. The fourth-order valence-electron chi connectivity index (χ4n) is 1.40. The van der Waals surface area contributed by atoms with Crippen LogP contribution >= 0.6 is 23.2 Å². The lowest BCUT2D eigenvalue weighted by molar-refractivity contribution is -0.116. The molecule has 0 N–H and O–H groups in total. The number of benzene rings is 1. The molecule has 5 heteroatoms. The van der Waals surface area contributed by atoms with Gasteiger partial charge in [0.15, 0.2) is 0 Å². The number of carbonyl (C=O) groups is 1. The molecule has 0 bridgehead atoms. The Kier molecular flexibility index (Phi) is 6.30. The number of ether oxygens (including phenoxy) is 1. The number of rotatable bonds is 6. The van der Waals surface area contributed by atoms with Gasteiger partial charge in [-0.1, -0.05) is 26.0 Å². The predicted molar refractivity (Wildman–Crippen MR) is 75.7 cm³/mol. The minimum atomic E-state index is -0.243. The van der Waals surface area contributed by atoms with Crippen LogP contribution in [0.1, 0.15) is 13.8 Å². The molecule has 1 aromatic rings. The maximum absolute atomic E-state index is 11.7. The zero-order valence-corrected chi connectivity index (χ0v) is 12.0. The standard InChI is InChI=1S/C13H17Cl2NO2/c1-10(2)8-18-12-6-4-3-5-11(12)16(9-15)13(17)7-14/h3-6,10H,7-9H2,1-2H3. The van der Waals surface area contributed by atoms with Gasteiger partial charge >= 0.3 is 0 Å². The molecule has 1 rings (SSSR count). The number of anilines is 1. The van der Waals surface area contributed by atoms with Gasteiger partial charge in [0.1, 0.15) is 17.6 Å². The summed E-state index contributed by atoms with van der Waals surface area (Å²) in [6.45, 7) is 4.71. The Morgan fingerprint density at radius 3 is 2.56 bits per heavy atom. The van der Waals surface area contributed by atoms with Crippen LogP contribution in [0.15, 0.2) is 24.3 Å². The first-order valence-corrected chi connectivity index (χ1v) is 6.81. The Morgan fingerprint density at radius 2 is 2.00 bits per heavy atom. The van der Waals surface area contributed by atoms with Gasteiger partial charge in [0.05, 0.1) is 12.3 Å². The topological polar surface area (TPSA) is 29.5 Å². The SMILES string of the molecule is CC(C)COc1ccccc1N(CCl)C(=O)CCl. The van der Waals surface area contributed by atoms with Gasteiger partial charge in [-0.2, -0.15) is 0 Å². The molecule has 0 aliphatic heterocycles. The Bertz CT molecular complexity index is 396. The van der Waals surface area contributed by atoms with E-state index in [-0.39, 0.29) is 17.8 Å². The molecule has 0 saturated heterocycles. The Hall–Kier alpha value is -0.930. The van der Waals surface area contributed by atoms with Crippen LogP contribution in [0.5, 0.6) is 5.75 Å². The molecule has 0 fully saturated rings. The van der Waals surface area contributed by atoms with Crippen molar-refractivity contribution >= 4 is 34.8 Å². The van der Waals surface area contributed by atoms with Gasteiger partial charge in [-0.25, -0.2) is 0 Å². The number of hydrogen-bond acceptors (Lipinski definition) is 2. The molecular weight excluding hydrogens is 273 g/mol. The number of hydrogen-bond donors (Lipinski definition) is 0. The quantitative estimate of drug-likeness (QED) is 0.593. The summed E-state index contributed by atoms with van der Waals surface area (Å²) in [5, 5.41) is 0. The second-order valence-electron chi connectivity index (χ2n) is 4.25. The van der Waals surface area contributed by atoms with E-state index in [0.717, 1.165) is 0 Å². The van der Waals surface area contributed by atoms with Crippen LogP contribution in [-0.2, 0) is 4.79 Å². The highest BCUT2D eigenvalue weighted by Crippen LogP contribution is 2.29. The van der Waals surface area contributed by atoms with Gasteiger partial charge in [-0.15, -0.1) is 23.2 Å². The summed E-state index contributed by atoms with van der Waals surface area (Å²) >= 11 is 11.4. The molecule has 0 saturated carbocycles. The number of para-hydroxylation sites is 2. The maximum atomic E-state index is 11.7. The van der Waals surface area contributed by atoms with E-state index in [1.807, 2.05) is 18.2 Å². The van der Waals surface area contributed by atoms with E-state index in [2.05, 4.69) is 13.8 Å². The van der Waals surface area contributed by atoms with Crippen molar-refractivity contribution in [1.29, 1.82) is 0 Å². The summed E-state index contributed by atoms with van der Waals surface area (Å²) in [7, 11) is 0. The van der Waals surface area contributed by atoms with Crippen LogP contribution in [0, 0.1) is 5.92 Å². The van der Waals surface area contributed by atoms with Crippen molar-refractivity contribution in [3.05, 3.63) is 24.3 Å². The highest BCUT2D eigenvalue weighted by Gasteiger charge is 2.17. The second kappa shape index (κ2) is 7.49. The van der Waals surface area contributed by atoms with Gasteiger partial charge in [-0.3, -0.25) is 9.69 Å². The Labute approximate surface area is 118 Å². The first kappa shape index (κ1) is 15.1. The normalized spacial score (nSPS) is 10.5. The third-order valence-corrected chi connectivity index (χ3v) is 2.73. The van der Waals surface area contributed by atoms with Gasteiger partial charge in [0, 0.05) is 0 Å². The molecule has 100 valence electrons. The molecule has 18 heavy (non-hydrogen) atoms. The molecule has 0 heterocycles. The fraction of sp³-hybridized carbons (Fsp3) is 0.462. The minimum absolute atomic E-state index is 0.0492. The summed E-state index contributed by atoms with van der Waals surface area (Å²) in [5.41, 5.74) is 0.652. The summed E-state index contributed by atoms with van der Waals surface area (Å²) in [6.07, 6.45) is 0. The highest BCUT2D eigenvalue weighted by molar-refractivity contribution is 6.31. The molecule has 0 radical (unpaired) electrons. The maximum Gasteiger partial charge on any atom is 0.243 e. The third kappa shape index (κ3) is 4.07. The molecule has 0 aliphatic carbocycles. The van der Waals surface area contributed by atoms with Crippen molar-refractivity contribution < 1.29 is 9.53 Å². The van der Waals surface area contributed by atoms with E-state index in [9.17, 15) is 4.79 Å². The number of carbonyl (C=O) groups excluding carboxylic acids is 1. The van der Waals surface area contributed by atoms with Crippen molar-refractivity contribution in [2.24, 2.45) is 5.92 Å². The van der Waals surface area contributed by atoms with Gasteiger partial charge < -0.3 is 4.74 Å². The number of amides is 1. The van der Waals surface area contributed by atoms with E-state index in [1.165, 1.54) is 4.90 Å². The molecular formula is C13H17Cl2NO2. The predicted octanol–water partition coefficient (Wildman–Crippen LogP) is 3.49. The van der Waals surface area contributed by atoms with E-state index in [0.29, 0.717) is 24.0 Å². The van der Waals surface area contributed by atoms with E-state index < -0.39 is 0 Å². The monoisotopic (exact) mass is 289 g/mol. The van der Waals surface area contributed by atoms with Crippen molar-refractivity contribution in [3.8, 4) is 5.75 Å². The number of alkyl halides is 2. The van der Waals surface area contributed by atoms with Crippen LogP contribution in [0.3, 0.4) is 0 Å².